The van der Waals surface area contributed by atoms with E-state index in [1.165, 1.54) is 12.8 Å². The third-order valence-electron chi connectivity index (χ3n) is 4.17. The van der Waals surface area contributed by atoms with E-state index in [1.54, 1.807) is 0 Å². The van der Waals surface area contributed by atoms with Crippen LogP contribution in [0.15, 0.2) is 4.52 Å². The molecule has 1 saturated carbocycles. The molecule has 0 saturated heterocycles. The second-order valence-corrected chi connectivity index (χ2v) is 6.69. The van der Waals surface area contributed by atoms with E-state index in [0.717, 1.165) is 24.7 Å². The SMILES string of the molecule is CC(N)c1noc(C2CCC(C(C)(C)C)CC2)n1. The minimum absolute atomic E-state index is 0.145. The molecular weight excluding hydrogens is 226 g/mol. The van der Waals surface area contributed by atoms with Gasteiger partial charge in [0.15, 0.2) is 5.82 Å². The normalized spacial score (nSPS) is 27.2. The first-order valence-electron chi connectivity index (χ1n) is 6.97. The molecule has 1 aromatic heterocycles. The summed E-state index contributed by atoms with van der Waals surface area (Å²) < 4.78 is 5.35. The molecule has 1 atom stereocenters. The van der Waals surface area contributed by atoms with Crippen molar-refractivity contribution in [3.05, 3.63) is 11.7 Å². The van der Waals surface area contributed by atoms with E-state index in [0.29, 0.717) is 17.2 Å². The molecule has 0 spiro atoms. The molecule has 0 aromatic carbocycles. The van der Waals surface area contributed by atoms with Crippen LogP contribution in [0.4, 0.5) is 0 Å². The lowest BCUT2D eigenvalue weighted by atomic mass is 9.70. The zero-order chi connectivity index (χ0) is 13.3. The minimum Gasteiger partial charge on any atom is -0.339 e. The van der Waals surface area contributed by atoms with Crippen molar-refractivity contribution in [3.8, 4) is 0 Å². The van der Waals surface area contributed by atoms with Gasteiger partial charge in [0.25, 0.3) is 0 Å². The van der Waals surface area contributed by atoms with Crippen LogP contribution in [0.25, 0.3) is 0 Å². The van der Waals surface area contributed by atoms with Crippen molar-refractivity contribution >= 4 is 0 Å². The smallest absolute Gasteiger partial charge is 0.229 e. The topological polar surface area (TPSA) is 64.9 Å². The van der Waals surface area contributed by atoms with Gasteiger partial charge in [-0.15, -0.1) is 0 Å². The van der Waals surface area contributed by atoms with Crippen LogP contribution in [0.2, 0.25) is 0 Å². The Morgan fingerprint density at radius 1 is 1.22 bits per heavy atom. The van der Waals surface area contributed by atoms with Crippen LogP contribution in [-0.2, 0) is 0 Å². The summed E-state index contributed by atoms with van der Waals surface area (Å²) in [5.74, 6) is 2.66. The molecule has 0 amide bonds. The van der Waals surface area contributed by atoms with Crippen LogP contribution in [0.3, 0.4) is 0 Å². The van der Waals surface area contributed by atoms with Gasteiger partial charge < -0.3 is 10.3 Å². The summed E-state index contributed by atoms with van der Waals surface area (Å²) in [6, 6.07) is -0.145. The van der Waals surface area contributed by atoms with Gasteiger partial charge in [0.05, 0.1) is 6.04 Å². The highest BCUT2D eigenvalue weighted by Crippen LogP contribution is 2.42. The molecule has 102 valence electrons. The van der Waals surface area contributed by atoms with Gasteiger partial charge in [-0.3, -0.25) is 0 Å². The fourth-order valence-electron chi connectivity index (χ4n) is 2.80. The Labute approximate surface area is 109 Å². The van der Waals surface area contributed by atoms with Gasteiger partial charge in [0.2, 0.25) is 5.89 Å². The van der Waals surface area contributed by atoms with Gasteiger partial charge in [-0.05, 0) is 43.9 Å². The molecule has 1 fully saturated rings. The monoisotopic (exact) mass is 251 g/mol. The van der Waals surface area contributed by atoms with E-state index in [4.69, 9.17) is 10.3 Å². The number of hydrogen-bond donors (Lipinski definition) is 1. The zero-order valence-electron chi connectivity index (χ0n) is 11.9. The Kier molecular flexibility index (Phi) is 3.76. The molecule has 0 radical (unpaired) electrons. The lowest BCUT2D eigenvalue weighted by Gasteiger charge is -2.35. The molecule has 1 aromatic rings. The fraction of sp³-hybridized carbons (Fsp3) is 0.857. The largest absolute Gasteiger partial charge is 0.339 e. The van der Waals surface area contributed by atoms with E-state index in [2.05, 4.69) is 30.9 Å². The quantitative estimate of drug-likeness (QED) is 0.874. The number of aromatic nitrogens is 2. The highest BCUT2D eigenvalue weighted by atomic mass is 16.5. The van der Waals surface area contributed by atoms with Crippen molar-refractivity contribution in [2.75, 3.05) is 0 Å². The third-order valence-corrected chi connectivity index (χ3v) is 4.17. The minimum atomic E-state index is -0.145. The number of rotatable bonds is 2. The average Bonchev–Trinajstić information content (AvgIpc) is 2.77. The summed E-state index contributed by atoms with van der Waals surface area (Å²) in [6.07, 6.45) is 4.82. The maximum atomic E-state index is 5.75. The lowest BCUT2D eigenvalue weighted by molar-refractivity contribution is 0.159. The van der Waals surface area contributed by atoms with E-state index >= 15 is 0 Å². The van der Waals surface area contributed by atoms with Crippen molar-refractivity contribution in [2.24, 2.45) is 17.1 Å². The van der Waals surface area contributed by atoms with Crippen LogP contribution in [-0.4, -0.2) is 10.1 Å². The number of nitrogens with zero attached hydrogens (tertiary/aromatic N) is 2. The summed E-state index contributed by atoms with van der Waals surface area (Å²) in [6.45, 7) is 8.88. The van der Waals surface area contributed by atoms with E-state index in [1.807, 2.05) is 6.92 Å². The maximum absolute atomic E-state index is 5.75. The average molecular weight is 251 g/mol. The number of hydrogen-bond acceptors (Lipinski definition) is 4. The second kappa shape index (κ2) is 5.00. The maximum Gasteiger partial charge on any atom is 0.229 e. The van der Waals surface area contributed by atoms with E-state index in [9.17, 15) is 0 Å². The van der Waals surface area contributed by atoms with Crippen molar-refractivity contribution < 1.29 is 4.52 Å². The van der Waals surface area contributed by atoms with Crippen molar-refractivity contribution in [3.63, 3.8) is 0 Å². The molecule has 4 nitrogen and oxygen atoms in total. The van der Waals surface area contributed by atoms with Gasteiger partial charge in [-0.2, -0.15) is 4.98 Å². The second-order valence-electron chi connectivity index (χ2n) is 6.69. The first-order chi connectivity index (χ1) is 8.38. The molecule has 0 aliphatic heterocycles. The van der Waals surface area contributed by atoms with Gasteiger partial charge in [-0.25, -0.2) is 0 Å². The predicted octanol–water partition coefficient (Wildman–Crippen LogP) is 3.41. The molecule has 2 rings (SSSR count). The van der Waals surface area contributed by atoms with Crippen LogP contribution in [0.5, 0.6) is 0 Å². The summed E-state index contributed by atoms with van der Waals surface area (Å²) >= 11 is 0. The first kappa shape index (κ1) is 13.5. The van der Waals surface area contributed by atoms with Gasteiger partial charge in [0, 0.05) is 5.92 Å². The van der Waals surface area contributed by atoms with E-state index in [-0.39, 0.29) is 6.04 Å². The summed E-state index contributed by atoms with van der Waals surface area (Å²) in [5.41, 5.74) is 6.16. The van der Waals surface area contributed by atoms with Crippen LogP contribution in [0, 0.1) is 11.3 Å². The standard InChI is InChI=1S/C14H25N3O/c1-9(15)12-16-13(18-17-12)10-5-7-11(8-6-10)14(2,3)4/h9-11H,5-8,15H2,1-4H3. The highest BCUT2D eigenvalue weighted by molar-refractivity contribution is 4.99. The fourth-order valence-corrected chi connectivity index (χ4v) is 2.80. The van der Waals surface area contributed by atoms with Crippen molar-refractivity contribution in [2.45, 2.75) is 65.3 Å². The molecule has 1 aliphatic carbocycles. The van der Waals surface area contributed by atoms with Crippen LogP contribution >= 0.6 is 0 Å². The summed E-state index contributed by atoms with van der Waals surface area (Å²) in [7, 11) is 0. The van der Waals surface area contributed by atoms with Crippen molar-refractivity contribution in [1.82, 2.24) is 10.1 Å². The van der Waals surface area contributed by atoms with Crippen LogP contribution < -0.4 is 5.73 Å². The Balaban J connectivity index is 1.97. The number of nitrogens with two attached hydrogens (primary N) is 1. The molecule has 4 heteroatoms. The predicted molar refractivity (Wildman–Crippen MR) is 71.1 cm³/mol. The molecule has 2 N–H and O–H groups in total. The van der Waals surface area contributed by atoms with Crippen molar-refractivity contribution in [1.29, 1.82) is 0 Å². The Morgan fingerprint density at radius 2 is 1.83 bits per heavy atom. The Bertz CT molecular complexity index is 384. The van der Waals surface area contributed by atoms with Crippen LogP contribution in [0.1, 0.15) is 77.1 Å². The Hall–Kier alpha value is -0.900. The first-order valence-corrected chi connectivity index (χ1v) is 6.97. The molecule has 0 bridgehead atoms. The van der Waals surface area contributed by atoms with Gasteiger partial charge in [0.1, 0.15) is 0 Å². The molecule has 1 heterocycles. The molecule has 18 heavy (non-hydrogen) atoms. The molecular formula is C14H25N3O. The summed E-state index contributed by atoms with van der Waals surface area (Å²) in [4.78, 5) is 4.42. The Morgan fingerprint density at radius 3 is 2.28 bits per heavy atom. The molecule has 1 unspecified atom stereocenters. The van der Waals surface area contributed by atoms with Gasteiger partial charge >= 0.3 is 0 Å². The highest BCUT2D eigenvalue weighted by Gasteiger charge is 2.32. The van der Waals surface area contributed by atoms with E-state index < -0.39 is 0 Å². The zero-order valence-corrected chi connectivity index (χ0v) is 11.9. The lowest BCUT2D eigenvalue weighted by Crippen LogP contribution is -2.25. The summed E-state index contributed by atoms with van der Waals surface area (Å²) in [5, 5.41) is 3.95. The third kappa shape index (κ3) is 2.91. The molecule has 1 aliphatic rings. The van der Waals surface area contributed by atoms with Gasteiger partial charge in [-0.1, -0.05) is 25.9 Å².